The van der Waals surface area contributed by atoms with Gasteiger partial charge in [0.05, 0.1) is 18.7 Å². The van der Waals surface area contributed by atoms with Gasteiger partial charge in [0.2, 0.25) is 0 Å². The zero-order valence-corrected chi connectivity index (χ0v) is 9.72. The Kier molecular flexibility index (Phi) is 2.16. The number of fused-ring (bicyclic) bond motifs is 1. The van der Waals surface area contributed by atoms with Crippen molar-refractivity contribution in [2.75, 3.05) is 13.1 Å². The zero-order valence-electron chi connectivity index (χ0n) is 9.72. The minimum Gasteiger partial charge on any atom is -0.480 e. The lowest BCUT2D eigenvalue weighted by Gasteiger charge is -2.44. The molecular formula is C13H15NO3. The molecule has 1 saturated heterocycles. The van der Waals surface area contributed by atoms with Crippen molar-refractivity contribution < 1.29 is 14.6 Å². The van der Waals surface area contributed by atoms with E-state index in [0.717, 1.165) is 11.3 Å². The van der Waals surface area contributed by atoms with Crippen molar-refractivity contribution in [1.82, 2.24) is 4.90 Å². The van der Waals surface area contributed by atoms with E-state index >= 15 is 0 Å². The molecule has 4 heteroatoms. The van der Waals surface area contributed by atoms with Crippen LogP contribution in [-0.2, 0) is 11.2 Å². The first-order valence-corrected chi connectivity index (χ1v) is 5.81. The van der Waals surface area contributed by atoms with E-state index in [1.165, 1.54) is 0 Å². The van der Waals surface area contributed by atoms with Gasteiger partial charge in [-0.2, -0.15) is 0 Å². The third kappa shape index (κ3) is 1.78. The van der Waals surface area contributed by atoms with Crippen LogP contribution in [0.4, 0.5) is 0 Å². The van der Waals surface area contributed by atoms with Gasteiger partial charge in [0.15, 0.2) is 6.10 Å². The summed E-state index contributed by atoms with van der Waals surface area (Å²) in [6.07, 6.45) is 0.219. The molecule has 0 radical (unpaired) electrons. The molecule has 3 rings (SSSR count). The van der Waals surface area contributed by atoms with E-state index in [9.17, 15) is 9.90 Å². The van der Waals surface area contributed by atoms with Gasteiger partial charge in [0.25, 0.3) is 5.91 Å². The van der Waals surface area contributed by atoms with Crippen molar-refractivity contribution in [3.8, 4) is 5.75 Å². The van der Waals surface area contributed by atoms with Crippen LogP contribution in [0.15, 0.2) is 24.3 Å². The molecule has 0 saturated carbocycles. The van der Waals surface area contributed by atoms with Gasteiger partial charge in [-0.25, -0.2) is 0 Å². The summed E-state index contributed by atoms with van der Waals surface area (Å²) in [5.41, 5.74) is 0.360. The first kappa shape index (κ1) is 10.6. The van der Waals surface area contributed by atoms with E-state index in [1.54, 1.807) is 11.8 Å². The molecule has 90 valence electrons. The highest BCUT2D eigenvalue weighted by atomic mass is 16.5. The fourth-order valence-corrected chi connectivity index (χ4v) is 2.46. The Morgan fingerprint density at radius 1 is 1.47 bits per heavy atom. The molecule has 0 aliphatic carbocycles. The molecular weight excluding hydrogens is 218 g/mol. The van der Waals surface area contributed by atoms with Crippen LogP contribution in [0.1, 0.15) is 12.5 Å². The van der Waals surface area contributed by atoms with Crippen molar-refractivity contribution in [3.63, 3.8) is 0 Å². The number of amides is 1. The van der Waals surface area contributed by atoms with Crippen LogP contribution in [0.5, 0.6) is 5.75 Å². The van der Waals surface area contributed by atoms with Gasteiger partial charge in [-0.15, -0.1) is 0 Å². The summed E-state index contributed by atoms with van der Waals surface area (Å²) in [5, 5.41) is 9.61. The van der Waals surface area contributed by atoms with Crippen LogP contribution < -0.4 is 4.74 Å². The average molecular weight is 233 g/mol. The fraction of sp³-hybridized carbons (Fsp3) is 0.462. The second-order valence-corrected chi connectivity index (χ2v) is 5.11. The van der Waals surface area contributed by atoms with Crippen LogP contribution in [0, 0.1) is 0 Å². The summed E-state index contributed by atoms with van der Waals surface area (Å²) in [6.45, 7) is 2.55. The maximum Gasteiger partial charge on any atom is 0.264 e. The Morgan fingerprint density at radius 2 is 2.18 bits per heavy atom. The van der Waals surface area contributed by atoms with Gasteiger partial charge in [-0.1, -0.05) is 18.2 Å². The van der Waals surface area contributed by atoms with Gasteiger partial charge in [-0.05, 0) is 18.6 Å². The molecule has 4 nitrogen and oxygen atoms in total. The number of β-amino-alcohol motifs (C(OH)–C–C–N with tert-alkyl or cyclic N) is 1. The minimum atomic E-state index is -0.721. The third-order valence-corrected chi connectivity index (χ3v) is 3.30. The lowest BCUT2D eigenvalue weighted by atomic mass is 9.96. The fourth-order valence-electron chi connectivity index (χ4n) is 2.46. The molecule has 1 fully saturated rings. The lowest BCUT2D eigenvalue weighted by molar-refractivity contribution is -0.158. The van der Waals surface area contributed by atoms with E-state index in [4.69, 9.17) is 4.74 Å². The molecule has 17 heavy (non-hydrogen) atoms. The SMILES string of the molecule is CC1(O)CN(C(=O)C2Cc3ccccc3O2)C1. The average Bonchev–Trinajstić information content (AvgIpc) is 2.68. The second kappa shape index (κ2) is 3.47. The van der Waals surface area contributed by atoms with E-state index in [2.05, 4.69) is 0 Å². The lowest BCUT2D eigenvalue weighted by Crippen LogP contribution is -2.63. The Hall–Kier alpha value is -1.55. The summed E-state index contributed by atoms with van der Waals surface area (Å²) >= 11 is 0. The summed E-state index contributed by atoms with van der Waals surface area (Å²) in [4.78, 5) is 13.7. The number of nitrogens with zero attached hydrogens (tertiary/aromatic N) is 1. The standard InChI is InChI=1S/C13H15NO3/c1-13(16)7-14(8-13)12(15)11-6-9-4-2-3-5-10(9)17-11/h2-5,11,16H,6-8H2,1H3. The third-order valence-electron chi connectivity index (χ3n) is 3.30. The maximum absolute atomic E-state index is 12.1. The molecule has 1 amide bonds. The van der Waals surface area contributed by atoms with E-state index in [1.807, 2.05) is 24.3 Å². The summed E-state index contributed by atoms with van der Waals surface area (Å²) in [5.74, 6) is 0.783. The molecule has 2 aliphatic rings. The highest BCUT2D eigenvalue weighted by molar-refractivity contribution is 5.83. The quantitative estimate of drug-likeness (QED) is 0.772. The predicted molar refractivity (Wildman–Crippen MR) is 61.8 cm³/mol. The molecule has 1 aromatic rings. The number of likely N-dealkylation sites (tertiary alicyclic amines) is 1. The Bertz CT molecular complexity index is 436. The Labute approximate surface area is 99.8 Å². The minimum absolute atomic E-state index is 0.0206. The Balaban J connectivity index is 1.67. The highest BCUT2D eigenvalue weighted by Gasteiger charge is 2.43. The number of hydrogen-bond acceptors (Lipinski definition) is 3. The van der Waals surface area contributed by atoms with Crippen LogP contribution in [0.3, 0.4) is 0 Å². The van der Waals surface area contributed by atoms with Crippen LogP contribution in [0.25, 0.3) is 0 Å². The van der Waals surface area contributed by atoms with Crippen molar-refractivity contribution in [3.05, 3.63) is 29.8 Å². The van der Waals surface area contributed by atoms with Crippen molar-refractivity contribution in [2.45, 2.75) is 25.0 Å². The molecule has 1 unspecified atom stereocenters. The predicted octanol–water partition coefficient (Wildman–Crippen LogP) is 0.583. The zero-order chi connectivity index (χ0) is 12.0. The number of para-hydroxylation sites is 1. The summed E-state index contributed by atoms with van der Waals surface area (Å²) in [7, 11) is 0. The van der Waals surface area contributed by atoms with Gasteiger partial charge < -0.3 is 14.7 Å². The van der Waals surface area contributed by atoms with Crippen molar-refractivity contribution in [1.29, 1.82) is 0 Å². The first-order valence-electron chi connectivity index (χ1n) is 5.81. The smallest absolute Gasteiger partial charge is 0.264 e. The van der Waals surface area contributed by atoms with Crippen LogP contribution in [-0.4, -0.2) is 40.7 Å². The summed E-state index contributed by atoms with van der Waals surface area (Å²) in [6, 6.07) is 7.72. The van der Waals surface area contributed by atoms with Crippen LogP contribution >= 0.6 is 0 Å². The molecule has 0 aromatic heterocycles. The van der Waals surface area contributed by atoms with Gasteiger partial charge in [0.1, 0.15) is 5.75 Å². The largest absolute Gasteiger partial charge is 0.480 e. The topological polar surface area (TPSA) is 49.8 Å². The van der Waals surface area contributed by atoms with Crippen molar-refractivity contribution >= 4 is 5.91 Å². The molecule has 2 heterocycles. The number of hydrogen-bond donors (Lipinski definition) is 1. The normalized spacial score (nSPS) is 24.8. The number of aliphatic hydroxyl groups is 1. The first-order chi connectivity index (χ1) is 8.05. The molecule has 0 bridgehead atoms. The van der Waals surface area contributed by atoms with Crippen molar-refractivity contribution in [2.24, 2.45) is 0 Å². The highest BCUT2D eigenvalue weighted by Crippen LogP contribution is 2.30. The van der Waals surface area contributed by atoms with Gasteiger partial charge in [0, 0.05) is 6.42 Å². The number of ether oxygens (including phenoxy) is 1. The number of carbonyl (C=O) groups excluding carboxylic acids is 1. The number of rotatable bonds is 1. The van der Waals surface area contributed by atoms with Crippen LogP contribution in [0.2, 0.25) is 0 Å². The number of carbonyl (C=O) groups is 1. The molecule has 1 aromatic carbocycles. The van der Waals surface area contributed by atoms with Gasteiger partial charge >= 0.3 is 0 Å². The van der Waals surface area contributed by atoms with E-state index < -0.39 is 11.7 Å². The molecule has 1 atom stereocenters. The molecule has 1 N–H and O–H groups in total. The monoisotopic (exact) mass is 233 g/mol. The van der Waals surface area contributed by atoms with E-state index in [0.29, 0.717) is 19.5 Å². The molecule has 2 aliphatic heterocycles. The summed E-state index contributed by atoms with van der Waals surface area (Å²) < 4.78 is 5.62. The number of benzene rings is 1. The maximum atomic E-state index is 12.1. The Morgan fingerprint density at radius 3 is 2.82 bits per heavy atom. The van der Waals surface area contributed by atoms with Gasteiger partial charge in [-0.3, -0.25) is 4.79 Å². The van der Waals surface area contributed by atoms with E-state index in [-0.39, 0.29) is 5.91 Å². The molecule has 0 spiro atoms. The second-order valence-electron chi connectivity index (χ2n) is 5.11.